The minimum Gasteiger partial charge on any atom is -0.480 e. The first-order valence-electron chi connectivity index (χ1n) is 4.07. The maximum Gasteiger partial charge on any atom is 0.326 e. The highest BCUT2D eigenvalue weighted by atomic mass is 79.9. The number of aliphatic carboxylic acids is 1. The van der Waals surface area contributed by atoms with Crippen molar-refractivity contribution in [2.45, 2.75) is 19.4 Å². The molecule has 0 aliphatic carbocycles. The Labute approximate surface area is 90.7 Å². The van der Waals surface area contributed by atoms with Crippen LogP contribution in [0.4, 0.5) is 4.79 Å². The largest absolute Gasteiger partial charge is 0.480 e. The van der Waals surface area contributed by atoms with E-state index < -0.39 is 18.0 Å². The molecule has 0 rings (SSSR count). The Morgan fingerprint density at radius 3 is 2.50 bits per heavy atom. The summed E-state index contributed by atoms with van der Waals surface area (Å²) in [7, 11) is 0. The fourth-order valence-corrected chi connectivity index (χ4v) is 0.864. The summed E-state index contributed by atoms with van der Waals surface area (Å²) < 4.78 is 0.621. The highest BCUT2D eigenvalue weighted by Crippen LogP contribution is 1.96. The smallest absolute Gasteiger partial charge is 0.326 e. The maximum absolute atomic E-state index is 11.1. The Balaban J connectivity index is 3.91. The third-order valence-electron chi connectivity index (χ3n) is 1.45. The molecule has 3 N–H and O–H groups in total. The molecule has 0 aromatic carbocycles. The molecule has 0 fully saturated rings. The molecule has 80 valence electrons. The predicted octanol–water partition coefficient (Wildman–Crippen LogP) is 1.06. The second-order valence-corrected chi connectivity index (χ2v) is 3.76. The van der Waals surface area contributed by atoms with Gasteiger partial charge in [-0.25, -0.2) is 9.59 Å². The van der Waals surface area contributed by atoms with Gasteiger partial charge in [0.05, 0.1) is 6.54 Å². The van der Waals surface area contributed by atoms with E-state index in [-0.39, 0.29) is 6.54 Å². The summed E-state index contributed by atoms with van der Waals surface area (Å²) in [6.45, 7) is 5.47. The van der Waals surface area contributed by atoms with E-state index in [2.05, 4.69) is 33.1 Å². The Morgan fingerprint density at radius 2 is 2.14 bits per heavy atom. The zero-order valence-corrected chi connectivity index (χ0v) is 9.43. The molecule has 14 heavy (non-hydrogen) atoms. The van der Waals surface area contributed by atoms with Crippen LogP contribution < -0.4 is 10.6 Å². The summed E-state index contributed by atoms with van der Waals surface area (Å²) in [6, 6.07) is -1.36. The van der Waals surface area contributed by atoms with E-state index in [1.54, 1.807) is 6.92 Å². The van der Waals surface area contributed by atoms with E-state index in [0.717, 1.165) is 0 Å². The third-order valence-corrected chi connectivity index (χ3v) is 1.73. The van der Waals surface area contributed by atoms with Crippen LogP contribution in [-0.4, -0.2) is 29.7 Å². The van der Waals surface area contributed by atoms with Crippen LogP contribution >= 0.6 is 15.9 Å². The third kappa shape index (κ3) is 5.58. The van der Waals surface area contributed by atoms with Crippen LogP contribution in [0.5, 0.6) is 0 Å². The molecule has 0 heterocycles. The summed E-state index contributed by atoms with van der Waals surface area (Å²) in [6.07, 6.45) is 0.345. The Morgan fingerprint density at radius 1 is 1.57 bits per heavy atom. The molecule has 0 aromatic rings. The van der Waals surface area contributed by atoms with Crippen molar-refractivity contribution in [3.05, 3.63) is 11.1 Å². The molecule has 5 nitrogen and oxygen atoms in total. The second-order valence-electron chi connectivity index (χ2n) is 2.64. The molecule has 1 atom stereocenters. The molecule has 6 heteroatoms. The number of hydrogen-bond donors (Lipinski definition) is 3. The predicted molar refractivity (Wildman–Crippen MR) is 56.3 cm³/mol. The molecular weight excluding hydrogens is 252 g/mol. The fourth-order valence-electron chi connectivity index (χ4n) is 0.724. The van der Waals surface area contributed by atoms with Crippen LogP contribution in [0.1, 0.15) is 13.3 Å². The van der Waals surface area contributed by atoms with Crippen LogP contribution in [0.15, 0.2) is 11.1 Å². The number of carbonyl (C=O) groups excluding carboxylic acids is 1. The molecule has 0 aliphatic rings. The average molecular weight is 265 g/mol. The molecule has 0 aliphatic heterocycles. The number of carboxylic acids is 1. The summed E-state index contributed by atoms with van der Waals surface area (Å²) in [5.74, 6) is -1.04. The summed E-state index contributed by atoms with van der Waals surface area (Å²) in [5, 5.41) is 13.4. The lowest BCUT2D eigenvalue weighted by Crippen LogP contribution is -2.45. The van der Waals surface area contributed by atoms with Gasteiger partial charge in [-0.05, 0) is 6.42 Å². The van der Waals surface area contributed by atoms with Crippen LogP contribution in [0, 0.1) is 0 Å². The van der Waals surface area contributed by atoms with Crippen molar-refractivity contribution < 1.29 is 14.7 Å². The van der Waals surface area contributed by atoms with Gasteiger partial charge in [0.1, 0.15) is 6.04 Å². The Bertz CT molecular complexity index is 243. The first-order chi connectivity index (χ1) is 6.47. The molecule has 2 amide bonds. The molecular formula is C8H13BrN2O3. The van der Waals surface area contributed by atoms with Gasteiger partial charge >= 0.3 is 12.0 Å². The van der Waals surface area contributed by atoms with Crippen molar-refractivity contribution in [3.63, 3.8) is 0 Å². The van der Waals surface area contributed by atoms with E-state index in [9.17, 15) is 9.59 Å². The molecule has 0 radical (unpaired) electrons. The number of amides is 2. The first-order valence-corrected chi connectivity index (χ1v) is 4.87. The van der Waals surface area contributed by atoms with Crippen molar-refractivity contribution in [2.75, 3.05) is 6.54 Å². The maximum atomic E-state index is 11.1. The molecule has 0 unspecified atom stereocenters. The minimum absolute atomic E-state index is 0.266. The van der Waals surface area contributed by atoms with Crippen LogP contribution in [-0.2, 0) is 4.79 Å². The average Bonchev–Trinajstić information content (AvgIpc) is 2.10. The van der Waals surface area contributed by atoms with Crippen molar-refractivity contribution in [2.24, 2.45) is 0 Å². The quantitative estimate of drug-likeness (QED) is 0.695. The number of urea groups is 1. The highest BCUT2D eigenvalue weighted by Gasteiger charge is 2.16. The van der Waals surface area contributed by atoms with E-state index in [1.807, 2.05) is 0 Å². The van der Waals surface area contributed by atoms with Gasteiger partial charge in [-0.2, -0.15) is 0 Å². The summed E-state index contributed by atoms with van der Waals surface area (Å²) >= 11 is 3.06. The highest BCUT2D eigenvalue weighted by molar-refractivity contribution is 9.11. The fraction of sp³-hybridized carbons (Fsp3) is 0.500. The summed E-state index contributed by atoms with van der Waals surface area (Å²) in [4.78, 5) is 21.6. The van der Waals surface area contributed by atoms with Gasteiger partial charge in [0.15, 0.2) is 0 Å². The molecule has 0 aromatic heterocycles. The van der Waals surface area contributed by atoms with Crippen LogP contribution in [0.2, 0.25) is 0 Å². The lowest BCUT2D eigenvalue weighted by molar-refractivity contribution is -0.139. The normalized spacial score (nSPS) is 11.6. The lowest BCUT2D eigenvalue weighted by Gasteiger charge is -2.12. The number of rotatable bonds is 5. The van der Waals surface area contributed by atoms with Crippen molar-refractivity contribution >= 4 is 27.9 Å². The monoisotopic (exact) mass is 264 g/mol. The molecule has 0 saturated carbocycles. The van der Waals surface area contributed by atoms with E-state index in [0.29, 0.717) is 10.9 Å². The van der Waals surface area contributed by atoms with Gasteiger partial charge in [-0.15, -0.1) is 0 Å². The van der Waals surface area contributed by atoms with E-state index in [1.165, 1.54) is 0 Å². The van der Waals surface area contributed by atoms with Gasteiger partial charge in [0, 0.05) is 4.48 Å². The summed E-state index contributed by atoms with van der Waals surface area (Å²) in [5.41, 5.74) is 0. The zero-order chi connectivity index (χ0) is 11.1. The van der Waals surface area contributed by atoms with Crippen LogP contribution in [0.25, 0.3) is 0 Å². The van der Waals surface area contributed by atoms with Gasteiger partial charge in [-0.1, -0.05) is 29.4 Å². The molecule has 0 saturated heterocycles. The second kappa shape index (κ2) is 6.42. The number of nitrogens with one attached hydrogen (secondary N) is 2. The minimum atomic E-state index is -1.04. The Kier molecular flexibility index (Phi) is 5.94. The van der Waals surface area contributed by atoms with Gasteiger partial charge in [0.2, 0.25) is 0 Å². The topological polar surface area (TPSA) is 78.4 Å². The van der Waals surface area contributed by atoms with Crippen molar-refractivity contribution in [3.8, 4) is 0 Å². The first kappa shape index (κ1) is 13.0. The van der Waals surface area contributed by atoms with Gasteiger partial charge < -0.3 is 15.7 Å². The zero-order valence-electron chi connectivity index (χ0n) is 7.84. The van der Waals surface area contributed by atoms with Gasteiger partial charge in [0.25, 0.3) is 0 Å². The number of hydrogen-bond acceptors (Lipinski definition) is 2. The van der Waals surface area contributed by atoms with Crippen molar-refractivity contribution in [1.82, 2.24) is 10.6 Å². The standard InChI is InChI=1S/C8H13BrN2O3/c1-3-6(7(12)13)11-8(14)10-4-5(2)9/h6H,2-4H2,1H3,(H,12,13)(H2,10,11,14)/t6-/m0/s1. The molecule has 0 spiro atoms. The van der Waals surface area contributed by atoms with Crippen molar-refractivity contribution in [1.29, 1.82) is 0 Å². The lowest BCUT2D eigenvalue weighted by atomic mass is 10.2. The molecule has 0 bridgehead atoms. The van der Waals surface area contributed by atoms with Crippen LogP contribution in [0.3, 0.4) is 0 Å². The van der Waals surface area contributed by atoms with Gasteiger partial charge in [-0.3, -0.25) is 0 Å². The van der Waals surface area contributed by atoms with E-state index >= 15 is 0 Å². The SMILES string of the molecule is C=C(Br)CNC(=O)N[C@@H](CC)C(=O)O. The number of halogens is 1. The Hall–Kier alpha value is -1.04. The number of carboxylic acid groups (broad SMARTS) is 1. The number of carbonyl (C=O) groups is 2. The van der Waals surface area contributed by atoms with E-state index in [4.69, 9.17) is 5.11 Å².